The molecule has 4 heteroatoms. The van der Waals surface area contributed by atoms with Crippen molar-refractivity contribution in [1.82, 2.24) is 9.55 Å². The van der Waals surface area contributed by atoms with Crippen molar-refractivity contribution in [1.29, 1.82) is 0 Å². The van der Waals surface area contributed by atoms with Crippen molar-refractivity contribution in [2.24, 2.45) is 5.92 Å². The number of halogens is 2. The lowest BCUT2D eigenvalue weighted by atomic mass is 10.0. The number of benzene rings is 1. The minimum Gasteiger partial charge on any atom is -0.326 e. The second-order valence-electron chi connectivity index (χ2n) is 6.14. The predicted octanol–water partition coefficient (Wildman–Crippen LogP) is 5.96. The quantitative estimate of drug-likeness (QED) is 0.620. The highest BCUT2D eigenvalue weighted by Crippen LogP contribution is 2.32. The number of para-hydroxylation sites is 1. The molecule has 0 aliphatic heterocycles. The van der Waals surface area contributed by atoms with E-state index in [-0.39, 0.29) is 5.38 Å². The van der Waals surface area contributed by atoms with Gasteiger partial charge in [-0.3, -0.25) is 0 Å². The Balaban J connectivity index is 1.82. The maximum Gasteiger partial charge on any atom is 0.127 e. The van der Waals surface area contributed by atoms with E-state index in [0.29, 0.717) is 0 Å². The van der Waals surface area contributed by atoms with Gasteiger partial charge in [0.2, 0.25) is 0 Å². The van der Waals surface area contributed by atoms with E-state index in [1.165, 1.54) is 38.5 Å². The number of nitrogens with zero attached hydrogens (tertiary/aromatic N) is 2. The van der Waals surface area contributed by atoms with Crippen LogP contribution in [-0.2, 0) is 6.54 Å². The van der Waals surface area contributed by atoms with Gasteiger partial charge in [-0.05, 0) is 37.8 Å². The van der Waals surface area contributed by atoms with E-state index < -0.39 is 0 Å². The first-order valence-corrected chi connectivity index (χ1v) is 8.77. The first kappa shape index (κ1) is 15.2. The molecular formula is C17H22Cl2N2. The molecule has 2 nitrogen and oxygen atoms in total. The fourth-order valence-corrected chi connectivity index (χ4v) is 3.97. The van der Waals surface area contributed by atoms with Crippen LogP contribution in [0.25, 0.3) is 11.0 Å². The highest BCUT2D eigenvalue weighted by Gasteiger charge is 2.18. The molecule has 21 heavy (non-hydrogen) atoms. The van der Waals surface area contributed by atoms with Gasteiger partial charge in [0.15, 0.2) is 0 Å². The zero-order valence-electron chi connectivity index (χ0n) is 12.5. The first-order chi connectivity index (χ1) is 10.2. The third-order valence-corrected chi connectivity index (χ3v) is 5.07. The van der Waals surface area contributed by atoms with E-state index in [9.17, 15) is 0 Å². The lowest BCUT2D eigenvalue weighted by Gasteiger charge is -2.13. The minimum absolute atomic E-state index is 0.0973. The van der Waals surface area contributed by atoms with Gasteiger partial charge in [0, 0.05) is 6.54 Å². The molecule has 114 valence electrons. The van der Waals surface area contributed by atoms with Crippen LogP contribution >= 0.6 is 23.2 Å². The molecule has 2 aromatic rings. The van der Waals surface area contributed by atoms with Crippen LogP contribution in [0.15, 0.2) is 18.2 Å². The zero-order valence-corrected chi connectivity index (χ0v) is 14.0. The lowest BCUT2D eigenvalue weighted by molar-refractivity contribution is 0.457. The van der Waals surface area contributed by atoms with Gasteiger partial charge in [-0.15, -0.1) is 11.6 Å². The molecule has 0 spiro atoms. The van der Waals surface area contributed by atoms with Gasteiger partial charge < -0.3 is 4.57 Å². The zero-order chi connectivity index (χ0) is 14.8. The van der Waals surface area contributed by atoms with Crippen LogP contribution in [0.5, 0.6) is 0 Å². The summed E-state index contributed by atoms with van der Waals surface area (Å²) < 4.78 is 2.23. The number of imidazole rings is 1. The van der Waals surface area contributed by atoms with Gasteiger partial charge in [0.1, 0.15) is 5.82 Å². The van der Waals surface area contributed by atoms with Crippen molar-refractivity contribution in [2.45, 2.75) is 57.4 Å². The Hall–Kier alpha value is -0.730. The number of hydrogen-bond acceptors (Lipinski definition) is 1. The lowest BCUT2D eigenvalue weighted by Crippen LogP contribution is -2.06. The van der Waals surface area contributed by atoms with E-state index in [1.807, 2.05) is 25.1 Å². The summed E-state index contributed by atoms with van der Waals surface area (Å²) in [5.41, 5.74) is 1.99. The second-order valence-corrected chi connectivity index (χ2v) is 7.20. The number of alkyl halides is 1. The molecule has 1 aromatic carbocycles. The van der Waals surface area contributed by atoms with Crippen LogP contribution in [0, 0.1) is 5.92 Å². The summed E-state index contributed by atoms with van der Waals surface area (Å²) in [5, 5.41) is 0.671. The van der Waals surface area contributed by atoms with E-state index in [2.05, 4.69) is 9.55 Å². The Morgan fingerprint density at radius 3 is 2.81 bits per heavy atom. The number of aryl methyl sites for hydroxylation is 1. The van der Waals surface area contributed by atoms with Crippen LogP contribution in [-0.4, -0.2) is 9.55 Å². The number of fused-ring (bicyclic) bond motifs is 1. The topological polar surface area (TPSA) is 17.8 Å². The van der Waals surface area contributed by atoms with Crippen LogP contribution < -0.4 is 0 Å². The van der Waals surface area contributed by atoms with Gasteiger partial charge in [0.05, 0.1) is 21.4 Å². The largest absolute Gasteiger partial charge is 0.326 e. The van der Waals surface area contributed by atoms with Gasteiger partial charge >= 0.3 is 0 Å². The molecule has 0 radical (unpaired) electrons. The molecule has 1 aromatic heterocycles. The molecule has 1 aliphatic rings. The maximum atomic E-state index is 6.38. The van der Waals surface area contributed by atoms with Crippen LogP contribution in [0.1, 0.15) is 56.7 Å². The Morgan fingerprint density at radius 1 is 1.33 bits per heavy atom. The normalized spacial score (nSPS) is 17.7. The van der Waals surface area contributed by atoms with Gasteiger partial charge in [-0.2, -0.15) is 0 Å². The summed E-state index contributed by atoms with van der Waals surface area (Å²) in [4.78, 5) is 4.67. The van der Waals surface area contributed by atoms with E-state index in [1.54, 1.807) is 0 Å². The van der Waals surface area contributed by atoms with Crippen LogP contribution in [0.3, 0.4) is 0 Å². The third kappa shape index (κ3) is 3.22. The molecule has 0 bridgehead atoms. The van der Waals surface area contributed by atoms with Crippen molar-refractivity contribution < 1.29 is 0 Å². The molecular weight excluding hydrogens is 303 g/mol. The Bertz CT molecular complexity index is 613. The van der Waals surface area contributed by atoms with Crippen molar-refractivity contribution in [3.63, 3.8) is 0 Å². The molecule has 1 heterocycles. The summed E-state index contributed by atoms with van der Waals surface area (Å²) in [6.45, 7) is 2.94. The SMILES string of the molecule is CC(Cl)c1nc2cccc(Cl)c2n1CCCC1CCCC1. The molecule has 1 unspecified atom stereocenters. The molecule has 1 fully saturated rings. The van der Waals surface area contributed by atoms with E-state index >= 15 is 0 Å². The summed E-state index contributed by atoms with van der Waals surface area (Å²) >= 11 is 12.7. The van der Waals surface area contributed by atoms with Gasteiger partial charge in [-0.1, -0.05) is 43.4 Å². The summed E-state index contributed by atoms with van der Waals surface area (Å²) in [7, 11) is 0. The maximum absolute atomic E-state index is 6.38. The standard InChI is InChI=1S/C17H22Cl2N2/c1-12(18)17-20-15-10-4-9-14(19)16(15)21(17)11-5-8-13-6-2-3-7-13/h4,9-10,12-13H,2-3,5-8,11H2,1H3. The van der Waals surface area contributed by atoms with Gasteiger partial charge in [0.25, 0.3) is 0 Å². The Kier molecular flexibility index (Phi) is 4.75. The molecule has 0 amide bonds. The molecule has 1 atom stereocenters. The predicted molar refractivity (Wildman–Crippen MR) is 90.2 cm³/mol. The number of rotatable bonds is 5. The number of hydrogen-bond donors (Lipinski definition) is 0. The molecule has 0 N–H and O–H groups in total. The second kappa shape index (κ2) is 6.58. The van der Waals surface area contributed by atoms with Crippen LogP contribution in [0.2, 0.25) is 5.02 Å². The van der Waals surface area contributed by atoms with Crippen molar-refractivity contribution in [3.8, 4) is 0 Å². The average Bonchev–Trinajstić information content (AvgIpc) is 3.07. The molecule has 1 saturated carbocycles. The summed E-state index contributed by atoms with van der Waals surface area (Å²) in [5.74, 6) is 1.86. The smallest absolute Gasteiger partial charge is 0.127 e. The van der Waals surface area contributed by atoms with Crippen molar-refractivity contribution >= 4 is 34.2 Å². The van der Waals surface area contributed by atoms with E-state index in [0.717, 1.165) is 34.3 Å². The fourth-order valence-electron chi connectivity index (χ4n) is 3.53. The Morgan fingerprint density at radius 2 is 2.10 bits per heavy atom. The molecule has 3 rings (SSSR count). The molecule has 0 saturated heterocycles. The van der Waals surface area contributed by atoms with Crippen molar-refractivity contribution in [3.05, 3.63) is 29.0 Å². The average molecular weight is 325 g/mol. The fraction of sp³-hybridized carbons (Fsp3) is 0.588. The third-order valence-electron chi connectivity index (χ3n) is 4.57. The monoisotopic (exact) mass is 324 g/mol. The van der Waals surface area contributed by atoms with Crippen LogP contribution in [0.4, 0.5) is 0 Å². The number of aromatic nitrogens is 2. The van der Waals surface area contributed by atoms with Crippen molar-refractivity contribution in [2.75, 3.05) is 0 Å². The van der Waals surface area contributed by atoms with E-state index in [4.69, 9.17) is 23.2 Å². The summed E-state index contributed by atoms with van der Waals surface area (Å²) in [6, 6.07) is 5.89. The van der Waals surface area contributed by atoms with Gasteiger partial charge in [-0.25, -0.2) is 4.98 Å². The minimum atomic E-state index is -0.0973. The summed E-state index contributed by atoms with van der Waals surface area (Å²) in [6.07, 6.45) is 8.12. The highest BCUT2D eigenvalue weighted by molar-refractivity contribution is 6.35. The Labute approximate surface area is 136 Å². The molecule has 1 aliphatic carbocycles. The first-order valence-electron chi connectivity index (χ1n) is 7.95. The highest BCUT2D eigenvalue weighted by atomic mass is 35.5.